The summed E-state index contributed by atoms with van der Waals surface area (Å²) in [5.74, 6) is 0.0462. The molecule has 6 heteroatoms. The van der Waals surface area contributed by atoms with Gasteiger partial charge >= 0.3 is 0 Å². The summed E-state index contributed by atoms with van der Waals surface area (Å²) < 4.78 is 11.9. The van der Waals surface area contributed by atoms with Crippen LogP contribution in [-0.4, -0.2) is 35.6 Å². The SMILES string of the molecule is CCCNc1nc(C)cc(C(=O)NCCF)n1. The summed E-state index contributed by atoms with van der Waals surface area (Å²) in [7, 11) is 0. The monoisotopic (exact) mass is 240 g/mol. The van der Waals surface area contributed by atoms with Gasteiger partial charge < -0.3 is 10.6 Å². The van der Waals surface area contributed by atoms with Gasteiger partial charge in [-0.3, -0.25) is 4.79 Å². The van der Waals surface area contributed by atoms with Crippen LogP contribution in [0.25, 0.3) is 0 Å². The van der Waals surface area contributed by atoms with E-state index in [-0.39, 0.29) is 18.1 Å². The summed E-state index contributed by atoms with van der Waals surface area (Å²) in [6.07, 6.45) is 0.945. The number of anilines is 1. The topological polar surface area (TPSA) is 66.9 Å². The number of aryl methyl sites for hydroxylation is 1. The van der Waals surface area contributed by atoms with Crippen molar-refractivity contribution in [2.45, 2.75) is 20.3 Å². The van der Waals surface area contributed by atoms with Crippen LogP contribution in [0.3, 0.4) is 0 Å². The van der Waals surface area contributed by atoms with Crippen molar-refractivity contribution in [3.63, 3.8) is 0 Å². The minimum Gasteiger partial charge on any atom is -0.354 e. The molecule has 0 saturated heterocycles. The lowest BCUT2D eigenvalue weighted by Crippen LogP contribution is -2.27. The molecule has 0 saturated carbocycles. The van der Waals surface area contributed by atoms with Crippen molar-refractivity contribution in [2.24, 2.45) is 0 Å². The number of aromatic nitrogens is 2. The zero-order valence-corrected chi connectivity index (χ0v) is 10.1. The molecular formula is C11H17FN4O. The average molecular weight is 240 g/mol. The molecule has 1 heterocycles. The van der Waals surface area contributed by atoms with Crippen LogP contribution in [-0.2, 0) is 0 Å². The zero-order chi connectivity index (χ0) is 12.7. The predicted octanol–water partition coefficient (Wildman–Crippen LogP) is 1.31. The van der Waals surface area contributed by atoms with E-state index in [4.69, 9.17) is 0 Å². The quantitative estimate of drug-likeness (QED) is 0.786. The molecule has 0 atom stereocenters. The van der Waals surface area contributed by atoms with E-state index in [1.165, 1.54) is 0 Å². The van der Waals surface area contributed by atoms with Gasteiger partial charge in [0.2, 0.25) is 5.95 Å². The fourth-order valence-corrected chi connectivity index (χ4v) is 1.25. The average Bonchev–Trinajstić information content (AvgIpc) is 2.32. The van der Waals surface area contributed by atoms with E-state index < -0.39 is 6.67 Å². The summed E-state index contributed by atoms with van der Waals surface area (Å²) in [6.45, 7) is 3.97. The number of carbonyl (C=O) groups excluding carboxylic acids is 1. The van der Waals surface area contributed by atoms with Gasteiger partial charge in [-0.15, -0.1) is 0 Å². The number of nitrogens with zero attached hydrogens (tertiary/aromatic N) is 2. The molecule has 2 N–H and O–H groups in total. The first kappa shape index (κ1) is 13.3. The van der Waals surface area contributed by atoms with Gasteiger partial charge in [0.1, 0.15) is 12.4 Å². The maximum absolute atomic E-state index is 11.9. The number of amides is 1. The molecule has 1 rings (SSSR count). The van der Waals surface area contributed by atoms with Crippen LogP contribution >= 0.6 is 0 Å². The summed E-state index contributed by atoms with van der Waals surface area (Å²) in [6, 6.07) is 1.57. The number of hydrogen-bond donors (Lipinski definition) is 2. The van der Waals surface area contributed by atoms with Gasteiger partial charge in [-0.25, -0.2) is 14.4 Å². The molecule has 17 heavy (non-hydrogen) atoms. The van der Waals surface area contributed by atoms with E-state index in [1.807, 2.05) is 6.92 Å². The van der Waals surface area contributed by atoms with Gasteiger partial charge in [0, 0.05) is 18.8 Å². The maximum Gasteiger partial charge on any atom is 0.270 e. The van der Waals surface area contributed by atoms with Gasteiger partial charge in [0.25, 0.3) is 5.91 Å². The van der Waals surface area contributed by atoms with E-state index in [1.54, 1.807) is 13.0 Å². The molecule has 0 aliphatic heterocycles. The lowest BCUT2D eigenvalue weighted by molar-refractivity contribution is 0.0945. The van der Waals surface area contributed by atoms with Gasteiger partial charge in [-0.2, -0.15) is 0 Å². The van der Waals surface area contributed by atoms with Crippen molar-refractivity contribution in [2.75, 3.05) is 25.1 Å². The van der Waals surface area contributed by atoms with E-state index in [9.17, 15) is 9.18 Å². The Labute approximate surface area is 99.9 Å². The summed E-state index contributed by atoms with van der Waals surface area (Å²) in [4.78, 5) is 19.8. The molecule has 1 amide bonds. The first-order valence-corrected chi connectivity index (χ1v) is 5.61. The number of alkyl halides is 1. The molecule has 1 aromatic rings. The van der Waals surface area contributed by atoms with Crippen molar-refractivity contribution >= 4 is 11.9 Å². The molecule has 5 nitrogen and oxygen atoms in total. The third kappa shape index (κ3) is 4.34. The zero-order valence-electron chi connectivity index (χ0n) is 10.1. The van der Waals surface area contributed by atoms with Crippen LogP contribution in [0, 0.1) is 6.92 Å². The third-order valence-corrected chi connectivity index (χ3v) is 2.00. The van der Waals surface area contributed by atoms with Crippen LogP contribution < -0.4 is 10.6 Å². The van der Waals surface area contributed by atoms with E-state index >= 15 is 0 Å². The highest BCUT2D eigenvalue weighted by molar-refractivity contribution is 5.92. The first-order chi connectivity index (χ1) is 8.17. The molecule has 0 radical (unpaired) electrons. The molecule has 0 aromatic carbocycles. The summed E-state index contributed by atoms with van der Waals surface area (Å²) in [5.41, 5.74) is 0.952. The smallest absolute Gasteiger partial charge is 0.270 e. The number of carbonyl (C=O) groups is 1. The summed E-state index contributed by atoms with van der Waals surface area (Å²) in [5, 5.41) is 5.44. The lowest BCUT2D eigenvalue weighted by Gasteiger charge is -2.07. The second-order valence-corrected chi connectivity index (χ2v) is 3.59. The van der Waals surface area contributed by atoms with Crippen molar-refractivity contribution in [1.29, 1.82) is 0 Å². The lowest BCUT2D eigenvalue weighted by atomic mass is 10.3. The Morgan fingerprint density at radius 2 is 2.18 bits per heavy atom. The van der Waals surface area contributed by atoms with Gasteiger partial charge in [0.05, 0.1) is 0 Å². The highest BCUT2D eigenvalue weighted by Gasteiger charge is 2.09. The fourth-order valence-electron chi connectivity index (χ4n) is 1.25. The molecule has 1 aromatic heterocycles. The van der Waals surface area contributed by atoms with Gasteiger partial charge in [0.15, 0.2) is 0 Å². The Morgan fingerprint density at radius 1 is 1.41 bits per heavy atom. The van der Waals surface area contributed by atoms with Crippen LogP contribution in [0.15, 0.2) is 6.07 Å². The van der Waals surface area contributed by atoms with Crippen LogP contribution in [0.5, 0.6) is 0 Å². The molecule has 0 spiro atoms. The van der Waals surface area contributed by atoms with Crippen molar-refractivity contribution in [1.82, 2.24) is 15.3 Å². The Hall–Kier alpha value is -1.72. The normalized spacial score (nSPS) is 10.1. The molecule has 0 unspecified atom stereocenters. The standard InChI is InChI=1S/C11H17FN4O/c1-3-5-14-11-15-8(2)7-9(16-11)10(17)13-6-4-12/h7H,3-6H2,1-2H3,(H,13,17)(H,14,15,16). The highest BCUT2D eigenvalue weighted by Crippen LogP contribution is 2.05. The Kier molecular flexibility index (Phi) is 5.32. The van der Waals surface area contributed by atoms with Gasteiger partial charge in [-0.05, 0) is 19.4 Å². The Balaban J connectivity index is 2.77. The minimum absolute atomic E-state index is 0.000391. The van der Waals surface area contributed by atoms with Gasteiger partial charge in [-0.1, -0.05) is 6.92 Å². The van der Waals surface area contributed by atoms with E-state index in [0.717, 1.165) is 13.0 Å². The van der Waals surface area contributed by atoms with Crippen molar-refractivity contribution < 1.29 is 9.18 Å². The van der Waals surface area contributed by atoms with E-state index in [0.29, 0.717) is 11.6 Å². The number of nitrogens with one attached hydrogen (secondary N) is 2. The second-order valence-electron chi connectivity index (χ2n) is 3.59. The molecule has 0 fully saturated rings. The number of halogens is 1. The van der Waals surface area contributed by atoms with Crippen LogP contribution in [0.1, 0.15) is 29.5 Å². The van der Waals surface area contributed by atoms with Crippen molar-refractivity contribution in [3.8, 4) is 0 Å². The molecule has 0 bridgehead atoms. The Morgan fingerprint density at radius 3 is 2.82 bits per heavy atom. The highest BCUT2D eigenvalue weighted by atomic mass is 19.1. The molecule has 0 aliphatic rings. The predicted molar refractivity (Wildman–Crippen MR) is 63.9 cm³/mol. The minimum atomic E-state index is -0.587. The fraction of sp³-hybridized carbons (Fsp3) is 0.545. The molecule has 0 aliphatic carbocycles. The third-order valence-electron chi connectivity index (χ3n) is 2.00. The van der Waals surface area contributed by atoms with Crippen LogP contribution in [0.4, 0.5) is 10.3 Å². The number of hydrogen-bond acceptors (Lipinski definition) is 4. The Bertz CT molecular complexity index is 384. The molecular weight excluding hydrogens is 223 g/mol. The van der Waals surface area contributed by atoms with Crippen LogP contribution in [0.2, 0.25) is 0 Å². The van der Waals surface area contributed by atoms with Crippen molar-refractivity contribution in [3.05, 3.63) is 17.5 Å². The molecule has 94 valence electrons. The second kappa shape index (κ2) is 6.78. The summed E-state index contributed by atoms with van der Waals surface area (Å²) >= 11 is 0. The number of rotatable bonds is 6. The first-order valence-electron chi connectivity index (χ1n) is 5.61. The maximum atomic E-state index is 11.9. The van der Waals surface area contributed by atoms with E-state index in [2.05, 4.69) is 20.6 Å². The largest absolute Gasteiger partial charge is 0.354 e.